The van der Waals surface area contributed by atoms with Crippen LogP contribution in [0.15, 0.2) is 48.5 Å². The van der Waals surface area contributed by atoms with Crippen LogP contribution in [0.2, 0.25) is 0 Å². The van der Waals surface area contributed by atoms with Crippen LogP contribution in [0.4, 0.5) is 11.4 Å². The van der Waals surface area contributed by atoms with Gasteiger partial charge >= 0.3 is 0 Å². The van der Waals surface area contributed by atoms with Crippen LogP contribution in [0.5, 0.6) is 0 Å². The van der Waals surface area contributed by atoms with Gasteiger partial charge in [-0.2, -0.15) is 5.26 Å². The van der Waals surface area contributed by atoms with E-state index in [1.807, 2.05) is 43.3 Å². The molecule has 0 radical (unpaired) electrons. The van der Waals surface area contributed by atoms with Crippen molar-refractivity contribution in [1.29, 1.82) is 5.26 Å². The number of hydrogen-bond acceptors (Lipinski definition) is 2. The fraction of sp³-hybridized carbons (Fsp3) is 0.0667. The molecule has 0 atom stereocenters. The van der Waals surface area contributed by atoms with E-state index in [0.717, 1.165) is 16.9 Å². The molecule has 0 bridgehead atoms. The monoisotopic (exact) mass is 267 g/mol. The quantitative estimate of drug-likeness (QED) is 0.815. The lowest BCUT2D eigenvalue weighted by molar-refractivity contribution is 1.45. The van der Waals surface area contributed by atoms with Crippen molar-refractivity contribution in [1.82, 2.24) is 0 Å². The second-order valence-electron chi connectivity index (χ2n) is 4.08. The number of nitrogens with one attached hydrogen (secondary N) is 2. The summed E-state index contributed by atoms with van der Waals surface area (Å²) >= 11 is 5.25. The smallest absolute Gasteiger partial charge is 0.175 e. The van der Waals surface area contributed by atoms with Crippen LogP contribution in [0.1, 0.15) is 11.1 Å². The lowest BCUT2D eigenvalue weighted by Gasteiger charge is -2.12. The molecule has 0 heterocycles. The number of benzene rings is 2. The van der Waals surface area contributed by atoms with Crippen molar-refractivity contribution in [2.75, 3.05) is 10.6 Å². The summed E-state index contributed by atoms with van der Waals surface area (Å²) in [6, 6.07) is 17.2. The van der Waals surface area contributed by atoms with Gasteiger partial charge in [0.1, 0.15) is 0 Å². The van der Waals surface area contributed by atoms with Crippen molar-refractivity contribution in [3.8, 4) is 6.07 Å². The highest BCUT2D eigenvalue weighted by Crippen LogP contribution is 2.14. The third-order valence-electron chi connectivity index (χ3n) is 2.67. The maximum atomic E-state index is 8.73. The molecule has 19 heavy (non-hydrogen) atoms. The average molecular weight is 267 g/mol. The van der Waals surface area contributed by atoms with Gasteiger partial charge in [-0.05, 0) is 55.0 Å². The number of hydrogen-bond donors (Lipinski definition) is 2. The topological polar surface area (TPSA) is 47.8 Å². The van der Waals surface area contributed by atoms with Gasteiger partial charge in [-0.3, -0.25) is 0 Å². The number of anilines is 2. The third kappa shape index (κ3) is 3.54. The zero-order chi connectivity index (χ0) is 13.7. The van der Waals surface area contributed by atoms with Gasteiger partial charge in [0, 0.05) is 11.4 Å². The zero-order valence-corrected chi connectivity index (χ0v) is 11.3. The van der Waals surface area contributed by atoms with Gasteiger partial charge in [-0.25, -0.2) is 0 Å². The lowest BCUT2D eigenvalue weighted by Crippen LogP contribution is -2.19. The molecule has 2 aromatic rings. The maximum absolute atomic E-state index is 8.73. The normalized spacial score (nSPS) is 9.47. The van der Waals surface area contributed by atoms with Crippen molar-refractivity contribution in [3.05, 3.63) is 59.7 Å². The second kappa shape index (κ2) is 5.98. The van der Waals surface area contributed by atoms with E-state index in [4.69, 9.17) is 17.5 Å². The summed E-state index contributed by atoms with van der Waals surface area (Å²) in [7, 11) is 0. The van der Waals surface area contributed by atoms with E-state index in [1.165, 1.54) is 0 Å². The van der Waals surface area contributed by atoms with E-state index in [2.05, 4.69) is 16.7 Å². The number of aryl methyl sites for hydroxylation is 1. The first-order valence-electron chi connectivity index (χ1n) is 5.83. The molecule has 94 valence electrons. The molecule has 0 saturated heterocycles. The fourth-order valence-corrected chi connectivity index (χ4v) is 1.85. The zero-order valence-electron chi connectivity index (χ0n) is 10.5. The number of nitrogens with zero attached hydrogens (tertiary/aromatic N) is 1. The standard InChI is InChI=1S/C15H13N3S/c1-11-4-2-3-5-14(11)18-15(19)17-13-8-6-12(10-16)7-9-13/h2-9H,1H3,(H2,17,18,19). The minimum absolute atomic E-state index is 0.527. The van der Waals surface area contributed by atoms with E-state index >= 15 is 0 Å². The molecule has 0 spiro atoms. The molecule has 0 fully saturated rings. The molecule has 0 aromatic heterocycles. The molecule has 4 heteroatoms. The summed E-state index contributed by atoms with van der Waals surface area (Å²) in [4.78, 5) is 0. The first-order valence-corrected chi connectivity index (χ1v) is 6.23. The first kappa shape index (κ1) is 13.1. The molecule has 2 N–H and O–H groups in total. The number of para-hydroxylation sites is 1. The summed E-state index contributed by atoms with van der Waals surface area (Å²) in [5, 5.41) is 15.5. The Balaban J connectivity index is 2.01. The Morgan fingerprint density at radius 1 is 1.05 bits per heavy atom. The second-order valence-corrected chi connectivity index (χ2v) is 4.49. The van der Waals surface area contributed by atoms with Crippen LogP contribution >= 0.6 is 12.2 Å². The van der Waals surface area contributed by atoms with Crippen LogP contribution in [0, 0.1) is 18.3 Å². The largest absolute Gasteiger partial charge is 0.332 e. The molecule has 2 aromatic carbocycles. The Hall–Kier alpha value is -2.38. The molecule has 0 aliphatic carbocycles. The van der Waals surface area contributed by atoms with Crippen LogP contribution in [-0.2, 0) is 0 Å². The SMILES string of the molecule is Cc1ccccc1NC(=S)Nc1ccc(C#N)cc1. The molecule has 0 aliphatic rings. The predicted molar refractivity (Wildman–Crippen MR) is 82.2 cm³/mol. The van der Waals surface area contributed by atoms with Crippen LogP contribution < -0.4 is 10.6 Å². The van der Waals surface area contributed by atoms with Gasteiger partial charge in [-0.15, -0.1) is 0 Å². The van der Waals surface area contributed by atoms with E-state index in [1.54, 1.807) is 12.1 Å². The maximum Gasteiger partial charge on any atom is 0.175 e. The average Bonchev–Trinajstić information content (AvgIpc) is 2.42. The minimum atomic E-state index is 0.527. The molecule has 2 rings (SSSR count). The van der Waals surface area contributed by atoms with Crippen molar-refractivity contribution in [2.45, 2.75) is 6.92 Å². The summed E-state index contributed by atoms with van der Waals surface area (Å²) in [6.07, 6.45) is 0. The van der Waals surface area contributed by atoms with Gasteiger partial charge in [0.2, 0.25) is 0 Å². The highest BCUT2D eigenvalue weighted by atomic mass is 32.1. The summed E-state index contributed by atoms with van der Waals surface area (Å²) < 4.78 is 0. The van der Waals surface area contributed by atoms with Gasteiger partial charge in [0.05, 0.1) is 11.6 Å². The lowest BCUT2D eigenvalue weighted by atomic mass is 10.2. The minimum Gasteiger partial charge on any atom is -0.332 e. The van der Waals surface area contributed by atoms with E-state index in [-0.39, 0.29) is 0 Å². The Labute approximate surface area is 117 Å². The molecular weight excluding hydrogens is 254 g/mol. The van der Waals surface area contributed by atoms with Crippen molar-refractivity contribution < 1.29 is 0 Å². The first-order chi connectivity index (χ1) is 9.19. The third-order valence-corrected chi connectivity index (χ3v) is 2.87. The molecule has 0 aliphatic heterocycles. The highest BCUT2D eigenvalue weighted by molar-refractivity contribution is 7.80. The van der Waals surface area contributed by atoms with E-state index in [0.29, 0.717) is 10.7 Å². The summed E-state index contributed by atoms with van der Waals surface area (Å²) in [5.74, 6) is 0. The van der Waals surface area contributed by atoms with Gasteiger partial charge < -0.3 is 10.6 Å². The van der Waals surface area contributed by atoms with Gasteiger partial charge in [-0.1, -0.05) is 18.2 Å². The van der Waals surface area contributed by atoms with Gasteiger partial charge in [0.25, 0.3) is 0 Å². The molecule has 0 amide bonds. The van der Waals surface area contributed by atoms with Gasteiger partial charge in [0.15, 0.2) is 5.11 Å². The molecular formula is C15H13N3S. The van der Waals surface area contributed by atoms with Crippen LogP contribution in [0.25, 0.3) is 0 Å². The Kier molecular flexibility index (Phi) is 4.11. The molecule has 0 saturated carbocycles. The predicted octanol–water partition coefficient (Wildman–Crippen LogP) is 3.68. The van der Waals surface area contributed by atoms with Crippen LogP contribution in [0.3, 0.4) is 0 Å². The summed E-state index contributed by atoms with van der Waals surface area (Å²) in [5.41, 5.74) is 3.59. The van der Waals surface area contributed by atoms with Crippen molar-refractivity contribution >= 4 is 28.7 Å². The van der Waals surface area contributed by atoms with Crippen molar-refractivity contribution in [2.24, 2.45) is 0 Å². The fourth-order valence-electron chi connectivity index (χ4n) is 1.63. The Morgan fingerprint density at radius 3 is 2.37 bits per heavy atom. The Morgan fingerprint density at radius 2 is 1.74 bits per heavy atom. The highest BCUT2D eigenvalue weighted by Gasteiger charge is 2.01. The number of thiocarbonyl (C=S) groups is 1. The molecule has 3 nitrogen and oxygen atoms in total. The van der Waals surface area contributed by atoms with Crippen molar-refractivity contribution in [3.63, 3.8) is 0 Å². The van der Waals surface area contributed by atoms with E-state index in [9.17, 15) is 0 Å². The Bertz CT molecular complexity index is 627. The number of nitriles is 1. The molecule has 0 unspecified atom stereocenters. The van der Waals surface area contributed by atoms with Crippen LogP contribution in [-0.4, -0.2) is 5.11 Å². The number of rotatable bonds is 2. The summed E-state index contributed by atoms with van der Waals surface area (Å²) in [6.45, 7) is 2.02. The van der Waals surface area contributed by atoms with E-state index < -0.39 is 0 Å².